The van der Waals surface area contributed by atoms with E-state index < -0.39 is 20.2 Å². The van der Waals surface area contributed by atoms with Crippen LogP contribution in [0.5, 0.6) is 0 Å². The Kier molecular flexibility index (Phi) is 21.2. The molecule has 0 aliphatic carbocycles. The quantitative estimate of drug-likeness (QED) is 0.271. The van der Waals surface area contributed by atoms with Gasteiger partial charge in [0.2, 0.25) is 0 Å². The standard InChI is InChI=1S/2C7H16O3S.Zn/c2*1-2-3-4-5-6-7-11(8,9)10;/h2*2-7H2,1H3,(H,8,9,10);/q;;+2/p-2. The van der Waals surface area contributed by atoms with Gasteiger partial charge < -0.3 is 9.11 Å². The largest absolute Gasteiger partial charge is 2.00 e. The molecular formula is C14H30O6S2Zn. The molecule has 0 unspecified atom stereocenters. The fraction of sp³-hybridized carbons (Fsp3) is 1.00. The van der Waals surface area contributed by atoms with Crippen molar-refractivity contribution in [3.63, 3.8) is 0 Å². The van der Waals surface area contributed by atoms with Crippen LogP contribution in [0.3, 0.4) is 0 Å². The Balaban J connectivity index is -0.000000333. The Morgan fingerprint density at radius 2 is 0.826 bits per heavy atom. The van der Waals surface area contributed by atoms with Crippen molar-refractivity contribution in [1.82, 2.24) is 0 Å². The second-order valence-corrected chi connectivity index (χ2v) is 8.40. The molecule has 0 spiro atoms. The fourth-order valence-electron chi connectivity index (χ4n) is 1.76. The third kappa shape index (κ3) is 34.7. The van der Waals surface area contributed by atoms with Crippen LogP contribution >= 0.6 is 0 Å². The van der Waals surface area contributed by atoms with E-state index >= 15 is 0 Å². The minimum Gasteiger partial charge on any atom is -0.748 e. The molecule has 0 aliphatic rings. The first-order valence-corrected chi connectivity index (χ1v) is 11.1. The van der Waals surface area contributed by atoms with Crippen molar-refractivity contribution in [2.45, 2.75) is 78.1 Å². The maximum Gasteiger partial charge on any atom is 2.00 e. The summed E-state index contributed by atoms with van der Waals surface area (Å²) in [4.78, 5) is 0. The predicted octanol–water partition coefficient (Wildman–Crippen LogP) is 3.00. The van der Waals surface area contributed by atoms with Crippen molar-refractivity contribution in [3.8, 4) is 0 Å². The molecule has 0 aromatic rings. The second kappa shape index (κ2) is 17.3. The van der Waals surface area contributed by atoms with Crippen LogP contribution in [0.4, 0.5) is 0 Å². The van der Waals surface area contributed by atoms with Crippen molar-refractivity contribution in [2.24, 2.45) is 0 Å². The SMILES string of the molecule is CCCCCCCS(=O)(=O)[O-].CCCCCCCS(=O)(=O)[O-].[Zn+2]. The summed E-state index contributed by atoms with van der Waals surface area (Å²) < 4.78 is 60.7. The molecule has 0 atom stereocenters. The summed E-state index contributed by atoms with van der Waals surface area (Å²) in [6, 6.07) is 0. The van der Waals surface area contributed by atoms with Crippen LogP contribution < -0.4 is 0 Å². The molecule has 6 nitrogen and oxygen atoms in total. The molecule has 0 saturated heterocycles. The van der Waals surface area contributed by atoms with E-state index in [4.69, 9.17) is 0 Å². The number of unbranched alkanes of at least 4 members (excludes halogenated alkanes) is 8. The van der Waals surface area contributed by atoms with E-state index in [0.29, 0.717) is 12.8 Å². The Hall–Kier alpha value is 0.443. The summed E-state index contributed by atoms with van der Waals surface area (Å²) in [6.07, 6.45) is 9.33. The zero-order chi connectivity index (χ0) is 17.5. The molecule has 0 amide bonds. The fourth-order valence-corrected chi connectivity index (χ4v) is 2.88. The normalized spacial score (nSPS) is 11.3. The summed E-state index contributed by atoms with van der Waals surface area (Å²) in [6.45, 7) is 4.18. The Bertz CT molecular complexity index is 392. The second-order valence-electron chi connectivity index (χ2n) is 5.35. The molecule has 23 heavy (non-hydrogen) atoms. The van der Waals surface area contributed by atoms with Crippen molar-refractivity contribution in [3.05, 3.63) is 0 Å². The molecule has 136 valence electrons. The van der Waals surface area contributed by atoms with Crippen LogP contribution in [0.15, 0.2) is 0 Å². The summed E-state index contributed by atoms with van der Waals surface area (Å²) in [7, 11) is -7.92. The van der Waals surface area contributed by atoms with Gasteiger partial charge in [0.25, 0.3) is 0 Å². The maximum atomic E-state index is 10.1. The van der Waals surface area contributed by atoms with Gasteiger partial charge in [0, 0.05) is 11.5 Å². The molecule has 0 heterocycles. The summed E-state index contributed by atoms with van der Waals surface area (Å²) in [5.41, 5.74) is 0. The number of hydrogen-bond acceptors (Lipinski definition) is 6. The first-order valence-electron chi connectivity index (χ1n) is 7.99. The van der Waals surface area contributed by atoms with Crippen LogP contribution in [-0.4, -0.2) is 37.4 Å². The number of rotatable bonds is 12. The number of hydrogen-bond donors (Lipinski definition) is 0. The van der Waals surface area contributed by atoms with Gasteiger partial charge >= 0.3 is 19.5 Å². The van der Waals surface area contributed by atoms with Gasteiger partial charge in [0.05, 0.1) is 20.2 Å². The van der Waals surface area contributed by atoms with E-state index in [0.717, 1.165) is 51.4 Å². The Morgan fingerprint density at radius 1 is 0.565 bits per heavy atom. The first-order chi connectivity index (χ1) is 10.1. The van der Waals surface area contributed by atoms with Crippen LogP contribution in [0.25, 0.3) is 0 Å². The monoisotopic (exact) mass is 422 g/mol. The van der Waals surface area contributed by atoms with Crippen molar-refractivity contribution in [1.29, 1.82) is 0 Å². The smallest absolute Gasteiger partial charge is 0.748 e. The molecule has 0 radical (unpaired) electrons. The van der Waals surface area contributed by atoms with E-state index in [1.54, 1.807) is 0 Å². The van der Waals surface area contributed by atoms with E-state index in [1.165, 1.54) is 0 Å². The van der Waals surface area contributed by atoms with Gasteiger partial charge in [-0.25, -0.2) is 16.8 Å². The van der Waals surface area contributed by atoms with Gasteiger partial charge in [-0.3, -0.25) is 0 Å². The molecule has 0 N–H and O–H groups in total. The molecular weight excluding hydrogens is 394 g/mol. The van der Waals surface area contributed by atoms with Crippen LogP contribution in [-0.2, 0) is 39.7 Å². The van der Waals surface area contributed by atoms with Crippen molar-refractivity contribution >= 4 is 20.2 Å². The maximum absolute atomic E-state index is 10.1. The molecule has 0 fully saturated rings. The third-order valence-corrected chi connectivity index (χ3v) is 4.57. The zero-order valence-corrected chi connectivity index (χ0v) is 19.1. The Morgan fingerprint density at radius 3 is 1.04 bits per heavy atom. The minimum atomic E-state index is -3.96. The molecule has 0 saturated carbocycles. The van der Waals surface area contributed by atoms with Gasteiger partial charge in [-0.15, -0.1) is 0 Å². The molecule has 0 rings (SSSR count). The van der Waals surface area contributed by atoms with E-state index in [1.807, 2.05) is 0 Å². The molecule has 0 aliphatic heterocycles. The molecule has 0 bridgehead atoms. The van der Waals surface area contributed by atoms with Crippen molar-refractivity contribution < 1.29 is 45.4 Å². The zero-order valence-electron chi connectivity index (χ0n) is 14.5. The first kappa shape index (κ1) is 28.3. The molecule has 0 aromatic carbocycles. The Labute approximate surface area is 155 Å². The topological polar surface area (TPSA) is 114 Å². The van der Waals surface area contributed by atoms with Crippen molar-refractivity contribution in [2.75, 3.05) is 11.5 Å². The molecule has 0 aromatic heterocycles. The average molecular weight is 424 g/mol. The minimum absolute atomic E-state index is 0. The van der Waals surface area contributed by atoms with E-state index in [2.05, 4.69) is 13.8 Å². The summed E-state index contributed by atoms with van der Waals surface area (Å²) in [5, 5.41) is 0. The van der Waals surface area contributed by atoms with Gasteiger partial charge in [-0.2, -0.15) is 0 Å². The average Bonchev–Trinajstić information content (AvgIpc) is 2.36. The van der Waals surface area contributed by atoms with E-state index in [-0.39, 0.29) is 31.0 Å². The van der Waals surface area contributed by atoms with Crippen LogP contribution in [0, 0.1) is 0 Å². The summed E-state index contributed by atoms with van der Waals surface area (Å²) >= 11 is 0. The van der Waals surface area contributed by atoms with Gasteiger partial charge in [0.1, 0.15) is 0 Å². The molecule has 9 heteroatoms. The predicted molar refractivity (Wildman–Crippen MR) is 86.6 cm³/mol. The summed E-state index contributed by atoms with van der Waals surface area (Å²) in [5.74, 6) is -0.395. The third-order valence-electron chi connectivity index (χ3n) is 3.00. The van der Waals surface area contributed by atoms with Gasteiger partial charge in [0.15, 0.2) is 0 Å². The van der Waals surface area contributed by atoms with Gasteiger partial charge in [-0.1, -0.05) is 65.2 Å². The van der Waals surface area contributed by atoms with Crippen LogP contribution in [0.2, 0.25) is 0 Å². The van der Waals surface area contributed by atoms with Crippen LogP contribution in [0.1, 0.15) is 78.1 Å². The van der Waals surface area contributed by atoms with Gasteiger partial charge in [-0.05, 0) is 12.8 Å². The van der Waals surface area contributed by atoms with E-state index in [9.17, 15) is 25.9 Å².